The third-order valence-electron chi connectivity index (χ3n) is 2.24. The molecule has 0 saturated carbocycles. The van der Waals surface area contributed by atoms with E-state index in [9.17, 15) is 0 Å². The fourth-order valence-electron chi connectivity index (χ4n) is 1.37. The van der Waals surface area contributed by atoms with Crippen LogP contribution in [0.15, 0.2) is 24.3 Å². The van der Waals surface area contributed by atoms with E-state index in [1.807, 2.05) is 0 Å². The van der Waals surface area contributed by atoms with Gasteiger partial charge in [-0.1, -0.05) is 31.2 Å². The van der Waals surface area contributed by atoms with E-state index in [-0.39, 0.29) is 0 Å². The molecular weight excluding hydrogens is 120 g/mol. The lowest BCUT2D eigenvalue weighted by Gasteiger charge is -2.19. The molecule has 1 rings (SSSR count). The normalized spacial score (nSPS) is 32.2. The van der Waals surface area contributed by atoms with Crippen molar-refractivity contribution in [3.8, 4) is 0 Å². The zero-order chi connectivity index (χ0) is 7.56. The van der Waals surface area contributed by atoms with Crippen molar-refractivity contribution in [2.24, 2.45) is 11.8 Å². The van der Waals surface area contributed by atoms with Crippen LogP contribution in [-0.4, -0.2) is 0 Å². The summed E-state index contributed by atoms with van der Waals surface area (Å²) in [4.78, 5) is 0. The first kappa shape index (κ1) is 7.59. The molecule has 2 unspecified atom stereocenters. The van der Waals surface area contributed by atoms with Crippen LogP contribution in [0.4, 0.5) is 0 Å². The topological polar surface area (TPSA) is 0 Å². The molecule has 0 heteroatoms. The van der Waals surface area contributed by atoms with Crippen LogP contribution in [-0.2, 0) is 0 Å². The van der Waals surface area contributed by atoms with Gasteiger partial charge in [0, 0.05) is 0 Å². The molecule has 0 bridgehead atoms. The molecule has 0 aromatic carbocycles. The van der Waals surface area contributed by atoms with Gasteiger partial charge in [-0.3, -0.25) is 0 Å². The maximum atomic E-state index is 3.95. The Labute approximate surface area is 63.6 Å². The van der Waals surface area contributed by atoms with Gasteiger partial charge >= 0.3 is 0 Å². The first-order valence-electron chi connectivity index (χ1n) is 4.04. The lowest BCUT2D eigenvalue weighted by Crippen LogP contribution is -2.06. The van der Waals surface area contributed by atoms with E-state index in [2.05, 4.69) is 32.6 Å². The van der Waals surface area contributed by atoms with Gasteiger partial charge in [0.25, 0.3) is 0 Å². The van der Waals surface area contributed by atoms with E-state index in [1.54, 1.807) is 0 Å². The molecule has 0 spiro atoms. The Balaban J connectivity index is 2.53. The Bertz CT molecular complexity index is 153. The molecule has 0 nitrogen and oxygen atoms in total. The zero-order valence-corrected chi connectivity index (χ0v) is 6.93. The fourth-order valence-corrected chi connectivity index (χ4v) is 1.37. The number of rotatable bonds is 1. The summed E-state index contributed by atoms with van der Waals surface area (Å²) in [6.07, 6.45) is 7.24. The van der Waals surface area contributed by atoms with Gasteiger partial charge in [-0.15, -0.1) is 0 Å². The van der Waals surface area contributed by atoms with Crippen LogP contribution in [0, 0.1) is 11.8 Å². The summed E-state index contributed by atoms with van der Waals surface area (Å²) >= 11 is 0. The molecule has 1 aliphatic rings. The Hall–Kier alpha value is -0.520. The number of hydrogen-bond donors (Lipinski definition) is 0. The highest BCUT2D eigenvalue weighted by Crippen LogP contribution is 2.25. The first-order chi connectivity index (χ1) is 4.70. The molecule has 0 aliphatic heterocycles. The molecule has 1 aliphatic carbocycles. The predicted octanol–water partition coefficient (Wildman–Crippen LogP) is 3.16. The van der Waals surface area contributed by atoms with Crippen LogP contribution in [0.25, 0.3) is 0 Å². The van der Waals surface area contributed by atoms with Gasteiger partial charge in [-0.2, -0.15) is 0 Å². The van der Waals surface area contributed by atoms with Crippen molar-refractivity contribution in [1.82, 2.24) is 0 Å². The van der Waals surface area contributed by atoms with Gasteiger partial charge in [0.2, 0.25) is 0 Å². The monoisotopic (exact) mass is 136 g/mol. The second kappa shape index (κ2) is 3.05. The molecule has 0 N–H and O–H groups in total. The summed E-state index contributed by atoms with van der Waals surface area (Å²) in [5.41, 5.74) is 1.31. The van der Waals surface area contributed by atoms with Crippen molar-refractivity contribution in [3.05, 3.63) is 24.3 Å². The summed E-state index contributed by atoms with van der Waals surface area (Å²) in [6.45, 7) is 8.34. The summed E-state index contributed by atoms with van der Waals surface area (Å²) in [7, 11) is 0. The molecule has 0 radical (unpaired) electrons. The third kappa shape index (κ3) is 1.73. The zero-order valence-electron chi connectivity index (χ0n) is 6.93. The van der Waals surface area contributed by atoms with Gasteiger partial charge in [0.1, 0.15) is 0 Å². The lowest BCUT2D eigenvalue weighted by molar-refractivity contribution is 0.517. The summed E-state index contributed by atoms with van der Waals surface area (Å²) in [5.74, 6) is 1.45. The number of hydrogen-bond acceptors (Lipinski definition) is 0. The minimum Gasteiger partial charge on any atom is -0.0995 e. The molecule has 56 valence electrons. The summed E-state index contributed by atoms with van der Waals surface area (Å²) in [6, 6.07) is 0. The molecular formula is C10H16. The van der Waals surface area contributed by atoms with Crippen LogP contribution < -0.4 is 0 Å². The molecule has 0 aromatic rings. The predicted molar refractivity (Wildman–Crippen MR) is 45.8 cm³/mol. The van der Waals surface area contributed by atoms with E-state index >= 15 is 0 Å². The SMILES string of the molecule is C=C(C)C1C=CC(C)CC1. The average molecular weight is 136 g/mol. The van der Waals surface area contributed by atoms with E-state index in [0.717, 1.165) is 5.92 Å². The molecule has 2 atom stereocenters. The average Bonchev–Trinajstić information content (AvgIpc) is 1.88. The Morgan fingerprint density at radius 2 is 2.10 bits per heavy atom. The van der Waals surface area contributed by atoms with Gasteiger partial charge in [0.15, 0.2) is 0 Å². The Morgan fingerprint density at radius 1 is 1.40 bits per heavy atom. The molecule has 10 heavy (non-hydrogen) atoms. The van der Waals surface area contributed by atoms with Crippen molar-refractivity contribution in [1.29, 1.82) is 0 Å². The van der Waals surface area contributed by atoms with Crippen LogP contribution in [0.2, 0.25) is 0 Å². The van der Waals surface area contributed by atoms with Crippen LogP contribution in [0.3, 0.4) is 0 Å². The Morgan fingerprint density at radius 3 is 2.50 bits per heavy atom. The van der Waals surface area contributed by atoms with Crippen molar-refractivity contribution in [2.75, 3.05) is 0 Å². The smallest absolute Gasteiger partial charge is 0.00284 e. The summed E-state index contributed by atoms with van der Waals surface area (Å²) < 4.78 is 0. The van der Waals surface area contributed by atoms with E-state index in [1.165, 1.54) is 18.4 Å². The van der Waals surface area contributed by atoms with Crippen LogP contribution in [0.1, 0.15) is 26.7 Å². The standard InChI is InChI=1S/C10H16/c1-8(2)10-6-4-9(3)5-7-10/h4,6,9-10H,1,5,7H2,2-3H3. The van der Waals surface area contributed by atoms with Crippen LogP contribution in [0.5, 0.6) is 0 Å². The lowest BCUT2D eigenvalue weighted by atomic mass is 9.86. The highest BCUT2D eigenvalue weighted by Gasteiger charge is 2.11. The fraction of sp³-hybridized carbons (Fsp3) is 0.600. The van der Waals surface area contributed by atoms with Gasteiger partial charge in [-0.25, -0.2) is 0 Å². The molecule has 0 aromatic heterocycles. The Kier molecular flexibility index (Phi) is 2.31. The highest BCUT2D eigenvalue weighted by atomic mass is 14.2. The van der Waals surface area contributed by atoms with Gasteiger partial charge in [0.05, 0.1) is 0 Å². The first-order valence-corrected chi connectivity index (χ1v) is 4.04. The van der Waals surface area contributed by atoms with Crippen molar-refractivity contribution in [2.45, 2.75) is 26.7 Å². The largest absolute Gasteiger partial charge is 0.0995 e. The van der Waals surface area contributed by atoms with Crippen molar-refractivity contribution >= 4 is 0 Å². The van der Waals surface area contributed by atoms with Crippen molar-refractivity contribution < 1.29 is 0 Å². The molecule has 0 amide bonds. The van der Waals surface area contributed by atoms with Crippen molar-refractivity contribution in [3.63, 3.8) is 0 Å². The molecule has 0 fully saturated rings. The number of allylic oxidation sites excluding steroid dienone is 3. The maximum absolute atomic E-state index is 3.95. The van der Waals surface area contributed by atoms with E-state index in [0.29, 0.717) is 5.92 Å². The van der Waals surface area contributed by atoms with E-state index in [4.69, 9.17) is 0 Å². The quantitative estimate of drug-likeness (QED) is 0.486. The second-order valence-electron chi connectivity index (χ2n) is 3.39. The third-order valence-corrected chi connectivity index (χ3v) is 2.24. The molecule has 0 saturated heterocycles. The summed E-state index contributed by atoms with van der Waals surface area (Å²) in [5, 5.41) is 0. The maximum Gasteiger partial charge on any atom is -0.00284 e. The second-order valence-corrected chi connectivity index (χ2v) is 3.39. The minimum absolute atomic E-state index is 0.663. The van der Waals surface area contributed by atoms with Gasteiger partial charge in [-0.05, 0) is 31.6 Å². The van der Waals surface area contributed by atoms with Gasteiger partial charge < -0.3 is 0 Å². The van der Waals surface area contributed by atoms with E-state index < -0.39 is 0 Å². The molecule has 0 heterocycles. The highest BCUT2D eigenvalue weighted by molar-refractivity contribution is 5.10. The van der Waals surface area contributed by atoms with Crippen LogP contribution >= 0.6 is 0 Å². The minimum atomic E-state index is 0.663.